The molecule has 0 amide bonds. The Labute approximate surface area is 142 Å². The molecular weight excluding hydrogens is 324 g/mol. The van der Waals surface area contributed by atoms with Gasteiger partial charge in [-0.3, -0.25) is 4.79 Å². The second-order valence-electron chi connectivity index (χ2n) is 6.07. The molecule has 3 aromatic rings. The summed E-state index contributed by atoms with van der Waals surface area (Å²) in [7, 11) is 0. The van der Waals surface area contributed by atoms with Gasteiger partial charge >= 0.3 is 0 Å². The Bertz CT molecular complexity index is 914. The maximum atomic E-state index is 12.2. The molecule has 0 radical (unpaired) electrons. The van der Waals surface area contributed by atoms with Gasteiger partial charge in [0.25, 0.3) is 5.56 Å². The SMILES string of the molecule is CC(Sc1nnnn1C1CCCC1)c1nc2ccccc2c(=O)[nH]1. The van der Waals surface area contributed by atoms with Crippen LogP contribution < -0.4 is 5.56 Å². The number of aromatic nitrogens is 6. The molecule has 1 aliphatic carbocycles. The molecule has 0 saturated heterocycles. The zero-order chi connectivity index (χ0) is 16.5. The average molecular weight is 342 g/mol. The number of fused-ring (bicyclic) bond motifs is 1. The lowest BCUT2D eigenvalue weighted by molar-refractivity contribution is 0.422. The minimum Gasteiger partial charge on any atom is -0.309 e. The Kier molecular flexibility index (Phi) is 4.05. The molecule has 124 valence electrons. The number of tetrazole rings is 1. The number of H-pyrrole nitrogens is 1. The standard InChI is InChI=1S/C16H18N6OS/c1-10(14-17-13-9-5-4-8-12(13)15(23)18-14)24-16-19-20-21-22(16)11-6-2-3-7-11/h4-5,8-11H,2-3,6-7H2,1H3,(H,17,18,23). The van der Waals surface area contributed by atoms with Crippen LogP contribution in [0.4, 0.5) is 0 Å². The molecule has 1 aliphatic rings. The van der Waals surface area contributed by atoms with Crippen LogP contribution in [0.2, 0.25) is 0 Å². The first-order chi connectivity index (χ1) is 11.7. The zero-order valence-electron chi connectivity index (χ0n) is 13.3. The van der Waals surface area contributed by atoms with E-state index in [9.17, 15) is 4.79 Å². The maximum absolute atomic E-state index is 12.2. The van der Waals surface area contributed by atoms with Gasteiger partial charge in [-0.2, -0.15) is 0 Å². The Morgan fingerprint density at radius 2 is 2.08 bits per heavy atom. The van der Waals surface area contributed by atoms with Crippen LogP contribution in [-0.4, -0.2) is 30.2 Å². The summed E-state index contributed by atoms with van der Waals surface area (Å²) in [5.74, 6) is 0.643. The smallest absolute Gasteiger partial charge is 0.258 e. The highest BCUT2D eigenvalue weighted by atomic mass is 32.2. The summed E-state index contributed by atoms with van der Waals surface area (Å²) >= 11 is 1.53. The van der Waals surface area contributed by atoms with Crippen molar-refractivity contribution in [2.75, 3.05) is 0 Å². The lowest BCUT2D eigenvalue weighted by Gasteiger charge is -2.14. The fraction of sp³-hybridized carbons (Fsp3) is 0.438. The second-order valence-corrected chi connectivity index (χ2v) is 7.38. The van der Waals surface area contributed by atoms with E-state index in [-0.39, 0.29) is 10.8 Å². The second kappa shape index (κ2) is 6.35. The predicted molar refractivity (Wildman–Crippen MR) is 92.0 cm³/mol. The highest BCUT2D eigenvalue weighted by Gasteiger charge is 2.23. The molecule has 1 atom stereocenters. The van der Waals surface area contributed by atoms with E-state index in [1.54, 1.807) is 6.07 Å². The van der Waals surface area contributed by atoms with Gasteiger partial charge in [-0.15, -0.1) is 5.10 Å². The normalized spacial score (nSPS) is 16.7. The van der Waals surface area contributed by atoms with Crippen LogP contribution in [0.1, 0.15) is 49.7 Å². The van der Waals surface area contributed by atoms with Crippen molar-refractivity contribution in [2.24, 2.45) is 0 Å². The van der Waals surface area contributed by atoms with Crippen molar-refractivity contribution in [1.82, 2.24) is 30.2 Å². The highest BCUT2D eigenvalue weighted by Crippen LogP contribution is 2.36. The van der Waals surface area contributed by atoms with Crippen molar-refractivity contribution < 1.29 is 0 Å². The Morgan fingerprint density at radius 1 is 1.29 bits per heavy atom. The topological polar surface area (TPSA) is 89.3 Å². The lowest BCUT2D eigenvalue weighted by atomic mass is 10.2. The fourth-order valence-corrected chi connectivity index (χ4v) is 4.07. The van der Waals surface area contributed by atoms with Gasteiger partial charge in [-0.25, -0.2) is 9.67 Å². The van der Waals surface area contributed by atoms with E-state index in [1.165, 1.54) is 24.6 Å². The van der Waals surface area contributed by atoms with Gasteiger partial charge in [-0.1, -0.05) is 36.7 Å². The molecule has 1 aromatic carbocycles. The molecule has 0 aliphatic heterocycles. The number of hydrogen-bond acceptors (Lipinski definition) is 6. The van der Waals surface area contributed by atoms with E-state index in [0.29, 0.717) is 22.8 Å². The third-order valence-electron chi connectivity index (χ3n) is 4.43. The van der Waals surface area contributed by atoms with Crippen LogP contribution >= 0.6 is 11.8 Å². The molecule has 1 fully saturated rings. The molecule has 7 nitrogen and oxygen atoms in total. The van der Waals surface area contributed by atoms with E-state index in [4.69, 9.17) is 0 Å². The number of nitrogens with one attached hydrogen (secondary N) is 1. The number of aromatic amines is 1. The summed E-state index contributed by atoms with van der Waals surface area (Å²) < 4.78 is 1.92. The van der Waals surface area contributed by atoms with Crippen molar-refractivity contribution >= 4 is 22.7 Å². The molecule has 24 heavy (non-hydrogen) atoms. The molecule has 4 rings (SSSR count). The molecule has 1 unspecified atom stereocenters. The van der Waals surface area contributed by atoms with Gasteiger partial charge in [0.1, 0.15) is 5.82 Å². The van der Waals surface area contributed by atoms with E-state index < -0.39 is 0 Å². The summed E-state index contributed by atoms with van der Waals surface area (Å²) in [5.41, 5.74) is 0.595. The summed E-state index contributed by atoms with van der Waals surface area (Å²) in [6.45, 7) is 2.01. The minimum absolute atomic E-state index is 0.0477. The molecular formula is C16H18N6OS. The van der Waals surface area contributed by atoms with Crippen LogP contribution in [0.5, 0.6) is 0 Å². The van der Waals surface area contributed by atoms with Gasteiger partial charge in [0.15, 0.2) is 0 Å². The van der Waals surface area contributed by atoms with Crippen molar-refractivity contribution in [3.05, 3.63) is 40.4 Å². The van der Waals surface area contributed by atoms with Crippen LogP contribution in [0.25, 0.3) is 10.9 Å². The van der Waals surface area contributed by atoms with Gasteiger partial charge in [0.05, 0.1) is 22.2 Å². The largest absolute Gasteiger partial charge is 0.309 e. The average Bonchev–Trinajstić information content (AvgIpc) is 3.25. The Morgan fingerprint density at radius 3 is 2.92 bits per heavy atom. The fourth-order valence-electron chi connectivity index (χ4n) is 3.15. The molecule has 2 aromatic heterocycles. The van der Waals surface area contributed by atoms with E-state index in [2.05, 4.69) is 25.5 Å². The number of hydrogen-bond donors (Lipinski definition) is 1. The van der Waals surface area contributed by atoms with Gasteiger partial charge in [-0.05, 0) is 42.3 Å². The third kappa shape index (κ3) is 2.82. The first-order valence-electron chi connectivity index (χ1n) is 8.16. The number of nitrogens with zero attached hydrogens (tertiary/aromatic N) is 5. The van der Waals surface area contributed by atoms with E-state index in [0.717, 1.165) is 18.0 Å². The van der Waals surface area contributed by atoms with Gasteiger partial charge < -0.3 is 4.98 Å². The monoisotopic (exact) mass is 342 g/mol. The van der Waals surface area contributed by atoms with Crippen LogP contribution in [-0.2, 0) is 0 Å². The Balaban J connectivity index is 1.62. The van der Waals surface area contributed by atoms with Crippen LogP contribution in [0, 0.1) is 0 Å². The van der Waals surface area contributed by atoms with Crippen molar-refractivity contribution in [3.8, 4) is 0 Å². The highest BCUT2D eigenvalue weighted by molar-refractivity contribution is 7.99. The number of benzene rings is 1. The summed E-state index contributed by atoms with van der Waals surface area (Å²) in [6.07, 6.45) is 4.70. The van der Waals surface area contributed by atoms with Crippen molar-refractivity contribution in [1.29, 1.82) is 0 Å². The first kappa shape index (κ1) is 15.3. The summed E-state index contributed by atoms with van der Waals surface area (Å²) in [5, 5.41) is 13.5. The van der Waals surface area contributed by atoms with Crippen LogP contribution in [0.15, 0.2) is 34.2 Å². The number of thioether (sulfide) groups is 1. The maximum Gasteiger partial charge on any atom is 0.258 e. The molecule has 0 spiro atoms. The lowest BCUT2D eigenvalue weighted by Crippen LogP contribution is -2.13. The quantitative estimate of drug-likeness (QED) is 0.733. The first-order valence-corrected chi connectivity index (χ1v) is 9.04. The van der Waals surface area contributed by atoms with E-state index in [1.807, 2.05) is 29.8 Å². The molecule has 2 heterocycles. The minimum atomic E-state index is -0.113. The molecule has 8 heteroatoms. The summed E-state index contributed by atoms with van der Waals surface area (Å²) in [6, 6.07) is 7.75. The van der Waals surface area contributed by atoms with Gasteiger partial charge in [0.2, 0.25) is 5.16 Å². The third-order valence-corrected chi connectivity index (χ3v) is 5.49. The Hall–Kier alpha value is -2.22. The molecule has 1 N–H and O–H groups in total. The molecule has 0 bridgehead atoms. The number of rotatable bonds is 4. The van der Waals surface area contributed by atoms with E-state index >= 15 is 0 Å². The van der Waals surface area contributed by atoms with Crippen molar-refractivity contribution in [2.45, 2.75) is 49.1 Å². The van der Waals surface area contributed by atoms with Crippen molar-refractivity contribution in [3.63, 3.8) is 0 Å². The molecule has 1 saturated carbocycles. The predicted octanol–water partition coefficient (Wildman–Crippen LogP) is 2.88. The zero-order valence-corrected chi connectivity index (χ0v) is 14.2. The summed E-state index contributed by atoms with van der Waals surface area (Å²) in [4.78, 5) is 19.7. The number of para-hydroxylation sites is 1. The van der Waals surface area contributed by atoms with Gasteiger partial charge in [0, 0.05) is 0 Å². The van der Waals surface area contributed by atoms with Crippen LogP contribution in [0.3, 0.4) is 0 Å².